The van der Waals surface area contributed by atoms with Gasteiger partial charge in [-0.3, -0.25) is 9.59 Å². The van der Waals surface area contributed by atoms with Crippen molar-refractivity contribution in [1.82, 2.24) is 5.32 Å². The second-order valence-electron chi connectivity index (χ2n) is 8.96. The summed E-state index contributed by atoms with van der Waals surface area (Å²) in [6, 6.07) is 4.82. The number of phenols is 1. The van der Waals surface area contributed by atoms with Crippen LogP contribution in [0.15, 0.2) is 30.4 Å². The minimum absolute atomic E-state index is 0.0351. The van der Waals surface area contributed by atoms with Gasteiger partial charge in [0.1, 0.15) is 0 Å². The Labute approximate surface area is 210 Å². The highest BCUT2D eigenvalue weighted by Crippen LogP contribution is 2.26. The van der Waals surface area contributed by atoms with E-state index in [1.807, 2.05) is 0 Å². The summed E-state index contributed by atoms with van der Waals surface area (Å²) in [6.07, 6.45) is 16.8. The fourth-order valence-corrected chi connectivity index (χ4v) is 3.66. The van der Waals surface area contributed by atoms with Crippen molar-refractivity contribution in [2.24, 2.45) is 0 Å². The molecule has 3 N–H and O–H groups in total. The van der Waals surface area contributed by atoms with Gasteiger partial charge < -0.3 is 25.0 Å². The van der Waals surface area contributed by atoms with Gasteiger partial charge in [0, 0.05) is 13.0 Å². The Balaban J connectivity index is 1.98. The lowest BCUT2D eigenvalue weighted by Crippen LogP contribution is -2.28. The van der Waals surface area contributed by atoms with Gasteiger partial charge in [-0.05, 0) is 49.8 Å². The third-order valence-corrected chi connectivity index (χ3v) is 5.82. The molecule has 0 fully saturated rings. The number of phenolic OH excluding ortho intramolecular Hbond substituents is 1. The lowest BCUT2D eigenvalue weighted by molar-refractivity contribution is -0.148. The van der Waals surface area contributed by atoms with E-state index < -0.39 is 0 Å². The highest BCUT2D eigenvalue weighted by Gasteiger charge is 2.08. The van der Waals surface area contributed by atoms with Crippen molar-refractivity contribution < 1.29 is 29.3 Å². The van der Waals surface area contributed by atoms with Crippen molar-refractivity contribution in [2.75, 3.05) is 13.7 Å². The number of allylic oxidation sites excluding steroid dienone is 1. The third kappa shape index (κ3) is 15.9. The number of ether oxygens (including phenoxy) is 2. The van der Waals surface area contributed by atoms with Gasteiger partial charge in [-0.1, -0.05) is 70.1 Å². The number of aliphatic hydroxyl groups excluding tert-OH is 1. The maximum Gasteiger partial charge on any atom is 0.306 e. The molecule has 1 aromatic carbocycles. The molecule has 0 saturated carbocycles. The predicted molar refractivity (Wildman–Crippen MR) is 138 cm³/mol. The van der Waals surface area contributed by atoms with Crippen molar-refractivity contribution >= 4 is 11.9 Å². The van der Waals surface area contributed by atoms with Crippen LogP contribution in [-0.4, -0.2) is 41.9 Å². The number of benzene rings is 1. The van der Waals surface area contributed by atoms with Crippen molar-refractivity contribution in [1.29, 1.82) is 0 Å². The molecule has 1 aromatic rings. The van der Waals surface area contributed by atoms with Crippen molar-refractivity contribution in [2.45, 2.75) is 103 Å². The Hall–Kier alpha value is -2.54. The molecule has 0 aliphatic heterocycles. The van der Waals surface area contributed by atoms with Gasteiger partial charge in [-0.25, -0.2) is 0 Å². The summed E-state index contributed by atoms with van der Waals surface area (Å²) >= 11 is 0. The van der Waals surface area contributed by atoms with Crippen LogP contribution in [0, 0.1) is 0 Å². The Morgan fingerprint density at radius 2 is 1.77 bits per heavy atom. The fourth-order valence-electron chi connectivity index (χ4n) is 3.66. The second-order valence-corrected chi connectivity index (χ2v) is 8.96. The molecule has 0 radical (unpaired) electrons. The minimum atomic E-state index is -0.373. The lowest BCUT2D eigenvalue weighted by Gasteiger charge is -2.09. The van der Waals surface area contributed by atoms with Gasteiger partial charge >= 0.3 is 5.97 Å². The molecule has 7 heteroatoms. The average molecular weight is 492 g/mol. The highest BCUT2D eigenvalue weighted by atomic mass is 16.5. The molecule has 0 saturated heterocycles. The van der Waals surface area contributed by atoms with E-state index in [-0.39, 0.29) is 36.9 Å². The van der Waals surface area contributed by atoms with Crippen molar-refractivity contribution in [3.8, 4) is 11.5 Å². The van der Waals surface area contributed by atoms with E-state index in [0.717, 1.165) is 63.4 Å². The van der Waals surface area contributed by atoms with Crippen molar-refractivity contribution in [3.05, 3.63) is 35.9 Å². The summed E-state index contributed by atoms with van der Waals surface area (Å²) in [5, 5.41) is 22.2. The first kappa shape index (κ1) is 30.5. The highest BCUT2D eigenvalue weighted by molar-refractivity contribution is 5.80. The minimum Gasteiger partial charge on any atom is -0.504 e. The zero-order valence-electron chi connectivity index (χ0n) is 21.6. The number of aliphatic hydroxyl groups is 1. The molecule has 7 nitrogen and oxygen atoms in total. The summed E-state index contributed by atoms with van der Waals surface area (Å²) < 4.78 is 10.1. The summed E-state index contributed by atoms with van der Waals surface area (Å²) in [4.78, 5) is 23.7. The predicted octanol–water partition coefficient (Wildman–Crippen LogP) is 5.57. The number of amides is 1. The number of aromatic hydroxyl groups is 1. The topological polar surface area (TPSA) is 105 Å². The number of esters is 1. The monoisotopic (exact) mass is 491 g/mol. The average Bonchev–Trinajstić information content (AvgIpc) is 2.85. The van der Waals surface area contributed by atoms with Crippen LogP contribution in [0.4, 0.5) is 0 Å². The number of unbranched alkanes of at least 4 members (excludes halogenated alkanes) is 8. The molecule has 1 amide bonds. The molecular formula is C28H45NO6. The van der Waals surface area contributed by atoms with Crippen LogP contribution in [0.5, 0.6) is 11.5 Å². The van der Waals surface area contributed by atoms with Gasteiger partial charge in [0.05, 0.1) is 13.2 Å². The van der Waals surface area contributed by atoms with Crippen LogP contribution >= 0.6 is 0 Å². The number of rotatable bonds is 20. The number of hydrogen-bond donors (Lipinski definition) is 3. The molecule has 0 aliphatic carbocycles. The first-order chi connectivity index (χ1) is 17.0. The van der Waals surface area contributed by atoms with E-state index in [9.17, 15) is 19.8 Å². The number of hydrogen-bond acceptors (Lipinski definition) is 6. The lowest BCUT2D eigenvalue weighted by atomic mass is 10.1. The molecule has 0 spiro atoms. The van der Waals surface area contributed by atoms with Crippen LogP contribution in [0.3, 0.4) is 0 Å². The van der Waals surface area contributed by atoms with Crippen LogP contribution < -0.4 is 10.1 Å². The van der Waals surface area contributed by atoms with Crippen LogP contribution in [0.2, 0.25) is 0 Å². The first-order valence-corrected chi connectivity index (χ1v) is 13.1. The largest absolute Gasteiger partial charge is 0.504 e. The van der Waals surface area contributed by atoms with E-state index in [1.54, 1.807) is 12.1 Å². The van der Waals surface area contributed by atoms with Crippen LogP contribution in [0.1, 0.15) is 96.0 Å². The van der Waals surface area contributed by atoms with Gasteiger partial charge in [0.2, 0.25) is 0 Å². The quantitative estimate of drug-likeness (QED) is 0.125. The maximum atomic E-state index is 11.9. The Kier molecular flexibility index (Phi) is 17.2. The van der Waals surface area contributed by atoms with E-state index >= 15 is 0 Å². The van der Waals surface area contributed by atoms with E-state index in [0.29, 0.717) is 12.2 Å². The van der Waals surface area contributed by atoms with Crippen LogP contribution in [-0.2, 0) is 20.9 Å². The number of carbonyl (C=O) groups excluding carboxylic acids is 2. The van der Waals surface area contributed by atoms with Gasteiger partial charge in [0.25, 0.3) is 5.91 Å². The Morgan fingerprint density at radius 3 is 2.54 bits per heavy atom. The normalized spacial score (nSPS) is 12.0. The van der Waals surface area contributed by atoms with Crippen LogP contribution in [0.25, 0.3) is 0 Å². The molecule has 0 bridgehead atoms. The first-order valence-electron chi connectivity index (χ1n) is 13.1. The Morgan fingerprint density at radius 1 is 1.03 bits per heavy atom. The number of carbonyl (C=O) groups is 2. The molecular weight excluding hydrogens is 446 g/mol. The summed E-state index contributed by atoms with van der Waals surface area (Å²) in [6.45, 7) is 2.15. The summed E-state index contributed by atoms with van der Waals surface area (Å²) in [5.74, 6) is -0.360. The molecule has 35 heavy (non-hydrogen) atoms. The number of nitrogens with one attached hydrogen (secondary N) is 1. The zero-order valence-corrected chi connectivity index (χ0v) is 21.6. The summed E-state index contributed by atoms with van der Waals surface area (Å²) in [5.41, 5.74) is 0.769. The van der Waals surface area contributed by atoms with Gasteiger partial charge in [0.15, 0.2) is 18.1 Å². The molecule has 1 unspecified atom stereocenters. The standard InChI is InChI=1S/C28H45NO6/c1-3-4-5-12-15-24(30)16-13-10-8-6-7-9-11-14-17-28(33)35-22-27(32)29-21-23-18-19-25(31)26(20-23)34-2/h10,13,18-20,24,30-31H,3-9,11-12,14-17,21-22H2,1-2H3,(H,29,32)/b13-10-. The SMILES string of the molecule is CCCCCCC(O)C/C=C\CCCCCCCC(=O)OCC(=O)NCc1ccc(O)c(OC)c1. The molecule has 1 atom stereocenters. The summed E-state index contributed by atoms with van der Waals surface area (Å²) in [7, 11) is 1.46. The van der Waals surface area contributed by atoms with Gasteiger partial charge in [-0.15, -0.1) is 0 Å². The number of methoxy groups -OCH3 is 1. The molecule has 0 aromatic heterocycles. The van der Waals surface area contributed by atoms with Gasteiger partial charge in [-0.2, -0.15) is 0 Å². The molecule has 0 heterocycles. The molecule has 198 valence electrons. The zero-order chi connectivity index (χ0) is 25.7. The van der Waals surface area contributed by atoms with E-state index in [4.69, 9.17) is 9.47 Å². The second kappa shape index (κ2) is 19.7. The van der Waals surface area contributed by atoms with E-state index in [1.165, 1.54) is 32.4 Å². The maximum absolute atomic E-state index is 11.9. The Bertz CT molecular complexity index is 749. The van der Waals surface area contributed by atoms with E-state index in [2.05, 4.69) is 24.4 Å². The fraction of sp³-hybridized carbons (Fsp3) is 0.643. The molecule has 1 rings (SSSR count). The smallest absolute Gasteiger partial charge is 0.306 e. The van der Waals surface area contributed by atoms with Crippen molar-refractivity contribution in [3.63, 3.8) is 0 Å². The third-order valence-electron chi connectivity index (χ3n) is 5.82. The molecule has 0 aliphatic rings.